The summed E-state index contributed by atoms with van der Waals surface area (Å²) >= 11 is 12.1. The van der Waals surface area contributed by atoms with Crippen LogP contribution in [0.1, 0.15) is 6.92 Å². The van der Waals surface area contributed by atoms with Crippen LogP contribution < -0.4 is 5.56 Å². The molecule has 0 radical (unpaired) electrons. The molecule has 126 valence electrons. The molecule has 0 atom stereocenters. The molecule has 4 aromatic rings. The third-order valence-corrected chi connectivity index (χ3v) is 4.76. The second-order valence-electron chi connectivity index (χ2n) is 5.50. The van der Waals surface area contributed by atoms with Crippen LogP contribution in [0.2, 0.25) is 10.0 Å². The molecule has 0 saturated heterocycles. The number of aromatic amines is 1. The van der Waals surface area contributed by atoms with Crippen LogP contribution in [-0.2, 0) is 6.54 Å². The number of hydrogen-bond donors (Lipinski definition) is 1. The summed E-state index contributed by atoms with van der Waals surface area (Å²) in [6, 6.07) is 8.61. The Kier molecular flexibility index (Phi) is 3.86. The van der Waals surface area contributed by atoms with E-state index in [1.807, 2.05) is 23.7 Å². The van der Waals surface area contributed by atoms with Gasteiger partial charge in [-0.3, -0.25) is 9.48 Å². The first-order chi connectivity index (χ1) is 12.1. The fraction of sp³-hybridized carbons (Fsp3) is 0.118. The first-order valence-electron chi connectivity index (χ1n) is 7.67. The van der Waals surface area contributed by atoms with Crippen molar-refractivity contribution >= 4 is 28.8 Å². The van der Waals surface area contributed by atoms with Crippen molar-refractivity contribution in [3.8, 4) is 22.5 Å². The van der Waals surface area contributed by atoms with Gasteiger partial charge in [0.25, 0.3) is 5.56 Å². The number of aromatic nitrogens is 5. The topological polar surface area (TPSA) is 68.0 Å². The number of hydrogen-bond acceptors (Lipinski definition) is 3. The van der Waals surface area contributed by atoms with Gasteiger partial charge in [0, 0.05) is 18.8 Å². The number of rotatable bonds is 3. The third-order valence-electron chi connectivity index (χ3n) is 4.02. The predicted molar refractivity (Wildman–Crippen MR) is 98.2 cm³/mol. The lowest BCUT2D eigenvalue weighted by Gasteiger charge is -2.07. The molecule has 0 fully saturated rings. The lowest BCUT2D eigenvalue weighted by molar-refractivity contribution is 0.667. The van der Waals surface area contributed by atoms with Gasteiger partial charge in [0.15, 0.2) is 0 Å². The summed E-state index contributed by atoms with van der Waals surface area (Å²) in [4.78, 5) is 15.7. The van der Waals surface area contributed by atoms with E-state index in [1.165, 1.54) is 10.6 Å². The van der Waals surface area contributed by atoms with E-state index < -0.39 is 0 Å². The highest BCUT2D eigenvalue weighted by molar-refractivity contribution is 6.42. The minimum atomic E-state index is -0.233. The smallest absolute Gasteiger partial charge is 0.274 e. The van der Waals surface area contributed by atoms with Crippen molar-refractivity contribution < 1.29 is 0 Å². The molecule has 8 heteroatoms. The van der Waals surface area contributed by atoms with Gasteiger partial charge < -0.3 is 4.98 Å². The molecule has 3 heterocycles. The molecule has 0 amide bonds. The zero-order valence-electron chi connectivity index (χ0n) is 13.2. The zero-order valence-corrected chi connectivity index (χ0v) is 14.7. The van der Waals surface area contributed by atoms with E-state index in [-0.39, 0.29) is 5.56 Å². The highest BCUT2D eigenvalue weighted by Crippen LogP contribution is 2.28. The van der Waals surface area contributed by atoms with E-state index in [0.717, 1.165) is 23.4 Å². The van der Waals surface area contributed by atoms with E-state index in [9.17, 15) is 4.79 Å². The van der Waals surface area contributed by atoms with Crippen molar-refractivity contribution in [1.82, 2.24) is 24.4 Å². The van der Waals surface area contributed by atoms with Crippen LogP contribution in [0.5, 0.6) is 0 Å². The maximum atomic E-state index is 12.5. The van der Waals surface area contributed by atoms with Gasteiger partial charge in [-0.1, -0.05) is 29.3 Å². The Morgan fingerprint density at radius 3 is 2.72 bits per heavy atom. The van der Waals surface area contributed by atoms with E-state index >= 15 is 0 Å². The fourth-order valence-corrected chi connectivity index (χ4v) is 3.10. The number of H-pyrrole nitrogens is 1. The summed E-state index contributed by atoms with van der Waals surface area (Å²) in [5, 5.41) is 9.37. The minimum absolute atomic E-state index is 0.233. The van der Waals surface area contributed by atoms with Crippen LogP contribution >= 0.6 is 23.2 Å². The molecule has 0 saturated carbocycles. The molecule has 0 bridgehead atoms. The molecule has 4 rings (SSSR count). The number of fused-ring (bicyclic) bond motifs is 1. The quantitative estimate of drug-likeness (QED) is 0.592. The van der Waals surface area contributed by atoms with Crippen molar-refractivity contribution in [2.75, 3.05) is 0 Å². The molecule has 1 N–H and O–H groups in total. The molecule has 0 aliphatic carbocycles. The Balaban J connectivity index is 1.95. The fourth-order valence-electron chi connectivity index (χ4n) is 2.80. The predicted octanol–water partition coefficient (Wildman–Crippen LogP) is 3.88. The Labute approximate surface area is 152 Å². The van der Waals surface area contributed by atoms with Crippen molar-refractivity contribution in [2.24, 2.45) is 0 Å². The minimum Gasteiger partial charge on any atom is -0.339 e. The molecule has 3 aromatic heterocycles. The number of nitrogens with one attached hydrogen (secondary N) is 1. The Morgan fingerprint density at radius 2 is 1.96 bits per heavy atom. The molecule has 0 unspecified atom stereocenters. The standard InChI is InChI=1S/C17H13Cl2N5O/c1-2-23-15(5-6-20-23)11-9-21-24-16(25)8-14(22-17(11)24)10-3-4-12(18)13(19)7-10/h3-9,22H,2H2,1H3. The summed E-state index contributed by atoms with van der Waals surface area (Å²) in [5.74, 6) is 0. The Morgan fingerprint density at radius 1 is 1.12 bits per heavy atom. The maximum absolute atomic E-state index is 12.5. The van der Waals surface area contributed by atoms with Crippen LogP contribution in [0.25, 0.3) is 28.2 Å². The van der Waals surface area contributed by atoms with Crippen LogP contribution in [0.3, 0.4) is 0 Å². The summed E-state index contributed by atoms with van der Waals surface area (Å²) in [6.07, 6.45) is 3.39. The first-order valence-corrected chi connectivity index (χ1v) is 8.42. The van der Waals surface area contributed by atoms with Crippen LogP contribution in [0, 0.1) is 0 Å². The largest absolute Gasteiger partial charge is 0.339 e. The molecule has 1 aromatic carbocycles. The molecular weight excluding hydrogens is 361 g/mol. The maximum Gasteiger partial charge on any atom is 0.274 e. The van der Waals surface area contributed by atoms with Gasteiger partial charge in [0.05, 0.1) is 33.2 Å². The highest BCUT2D eigenvalue weighted by atomic mass is 35.5. The molecule has 6 nitrogen and oxygen atoms in total. The summed E-state index contributed by atoms with van der Waals surface area (Å²) in [6.45, 7) is 2.72. The number of benzene rings is 1. The SMILES string of the molecule is CCn1nccc1-c1cnn2c(=O)cc(-c3ccc(Cl)c(Cl)c3)[nH]c12. The number of nitrogens with zero attached hydrogens (tertiary/aromatic N) is 4. The van der Waals surface area contributed by atoms with E-state index in [2.05, 4.69) is 15.2 Å². The average molecular weight is 374 g/mol. The second-order valence-corrected chi connectivity index (χ2v) is 6.32. The van der Waals surface area contributed by atoms with E-state index in [0.29, 0.717) is 21.4 Å². The zero-order chi connectivity index (χ0) is 17.6. The highest BCUT2D eigenvalue weighted by Gasteiger charge is 2.14. The van der Waals surface area contributed by atoms with Gasteiger partial charge in [-0.2, -0.15) is 14.7 Å². The van der Waals surface area contributed by atoms with Crippen LogP contribution in [0.4, 0.5) is 0 Å². The lowest BCUT2D eigenvalue weighted by atomic mass is 10.1. The van der Waals surface area contributed by atoms with Crippen LogP contribution in [-0.4, -0.2) is 24.4 Å². The summed E-state index contributed by atoms with van der Waals surface area (Å²) < 4.78 is 3.19. The first kappa shape index (κ1) is 15.9. The van der Waals surface area contributed by atoms with Crippen LogP contribution in [0.15, 0.2) is 47.5 Å². The molecule has 25 heavy (non-hydrogen) atoms. The van der Waals surface area contributed by atoms with Gasteiger partial charge in [-0.15, -0.1) is 0 Å². The number of halogens is 2. The molecule has 0 aliphatic heterocycles. The monoisotopic (exact) mass is 373 g/mol. The summed E-state index contributed by atoms with van der Waals surface area (Å²) in [7, 11) is 0. The molecular formula is C17H13Cl2N5O. The van der Waals surface area contributed by atoms with Crippen molar-refractivity contribution in [2.45, 2.75) is 13.5 Å². The normalized spacial score (nSPS) is 11.3. The second kappa shape index (κ2) is 6.06. The summed E-state index contributed by atoms with van der Waals surface area (Å²) in [5.41, 5.74) is 3.47. The number of aryl methyl sites for hydroxylation is 1. The van der Waals surface area contributed by atoms with E-state index in [1.54, 1.807) is 24.5 Å². The third kappa shape index (κ3) is 2.63. The van der Waals surface area contributed by atoms with Gasteiger partial charge in [-0.25, -0.2) is 0 Å². The van der Waals surface area contributed by atoms with Gasteiger partial charge in [-0.05, 0) is 30.7 Å². The van der Waals surface area contributed by atoms with Crippen molar-refractivity contribution in [1.29, 1.82) is 0 Å². The van der Waals surface area contributed by atoms with Crippen molar-refractivity contribution in [3.63, 3.8) is 0 Å². The van der Waals surface area contributed by atoms with E-state index in [4.69, 9.17) is 23.2 Å². The van der Waals surface area contributed by atoms with Crippen molar-refractivity contribution in [3.05, 3.63) is 63.1 Å². The Bertz CT molecular complexity index is 1140. The lowest BCUT2D eigenvalue weighted by Crippen LogP contribution is -2.14. The van der Waals surface area contributed by atoms with Gasteiger partial charge in [0.1, 0.15) is 5.65 Å². The average Bonchev–Trinajstić information content (AvgIpc) is 3.23. The Hall–Kier alpha value is -2.57. The molecule has 0 spiro atoms. The van der Waals surface area contributed by atoms with Gasteiger partial charge in [0.2, 0.25) is 0 Å². The molecule has 0 aliphatic rings. The van der Waals surface area contributed by atoms with Gasteiger partial charge >= 0.3 is 0 Å².